The van der Waals surface area contributed by atoms with Crippen molar-refractivity contribution in [3.8, 4) is 0 Å². The van der Waals surface area contributed by atoms with Crippen LogP contribution in [0.1, 0.15) is 41.9 Å². The summed E-state index contributed by atoms with van der Waals surface area (Å²) in [7, 11) is 0. The molecule has 0 unspecified atom stereocenters. The first-order valence-electron chi connectivity index (χ1n) is 9.12. The maximum absolute atomic E-state index is 12.9. The van der Waals surface area contributed by atoms with Crippen molar-refractivity contribution in [3.05, 3.63) is 23.8 Å². The van der Waals surface area contributed by atoms with Crippen molar-refractivity contribution in [1.82, 2.24) is 19.8 Å². The van der Waals surface area contributed by atoms with Crippen molar-refractivity contribution < 1.29 is 9.53 Å². The molecular formula is C18H26N4O2. The lowest BCUT2D eigenvalue weighted by Gasteiger charge is -2.36. The molecule has 4 aliphatic heterocycles. The molecule has 2 bridgehead atoms. The number of rotatable bonds is 2. The van der Waals surface area contributed by atoms with Crippen LogP contribution in [0.15, 0.2) is 12.4 Å². The van der Waals surface area contributed by atoms with Crippen molar-refractivity contribution in [2.45, 2.75) is 44.7 Å². The van der Waals surface area contributed by atoms with E-state index in [0.717, 1.165) is 57.8 Å². The molecule has 24 heavy (non-hydrogen) atoms. The molecule has 1 aromatic rings. The lowest BCUT2D eigenvalue weighted by Crippen LogP contribution is -2.48. The molecule has 1 aromatic heterocycles. The predicted molar refractivity (Wildman–Crippen MR) is 89.7 cm³/mol. The maximum atomic E-state index is 12.9. The average molecular weight is 330 g/mol. The Morgan fingerprint density at radius 2 is 1.88 bits per heavy atom. The number of ether oxygens (including phenoxy) is 1. The van der Waals surface area contributed by atoms with Crippen LogP contribution in [0.2, 0.25) is 0 Å². The molecule has 4 saturated heterocycles. The smallest absolute Gasteiger partial charge is 0.274 e. The molecule has 0 aliphatic carbocycles. The van der Waals surface area contributed by atoms with Crippen LogP contribution < -0.4 is 0 Å². The number of piperidine rings is 1. The molecule has 0 spiro atoms. The third-order valence-electron chi connectivity index (χ3n) is 5.71. The average Bonchev–Trinajstić information content (AvgIpc) is 2.94. The molecule has 0 radical (unpaired) electrons. The van der Waals surface area contributed by atoms with E-state index in [1.807, 2.05) is 6.92 Å². The predicted octanol–water partition coefficient (Wildman–Crippen LogP) is 1.50. The van der Waals surface area contributed by atoms with E-state index in [2.05, 4.69) is 19.8 Å². The van der Waals surface area contributed by atoms with E-state index >= 15 is 0 Å². The molecule has 5 heterocycles. The fraction of sp³-hybridized carbons (Fsp3) is 0.722. The summed E-state index contributed by atoms with van der Waals surface area (Å²) in [5.41, 5.74) is 1.32. The Morgan fingerprint density at radius 3 is 2.62 bits per heavy atom. The molecule has 2 atom stereocenters. The molecule has 0 aromatic carbocycles. The Labute approximate surface area is 143 Å². The molecule has 0 N–H and O–H groups in total. The minimum absolute atomic E-state index is 0.0472. The van der Waals surface area contributed by atoms with Gasteiger partial charge in [0, 0.05) is 51.1 Å². The van der Waals surface area contributed by atoms with Gasteiger partial charge in [-0.15, -0.1) is 0 Å². The van der Waals surface area contributed by atoms with Crippen molar-refractivity contribution >= 4 is 5.91 Å². The van der Waals surface area contributed by atoms with E-state index in [0.29, 0.717) is 23.7 Å². The number of hydrogen-bond acceptors (Lipinski definition) is 5. The van der Waals surface area contributed by atoms with Crippen molar-refractivity contribution in [1.29, 1.82) is 0 Å². The van der Waals surface area contributed by atoms with Gasteiger partial charge in [0.15, 0.2) is 0 Å². The van der Waals surface area contributed by atoms with Crippen LogP contribution in [0, 0.1) is 12.8 Å². The van der Waals surface area contributed by atoms with E-state index in [1.165, 1.54) is 6.42 Å². The lowest BCUT2D eigenvalue weighted by atomic mass is 9.94. The molecule has 1 amide bonds. The Hall–Kier alpha value is -1.53. The third-order valence-corrected chi connectivity index (χ3v) is 5.71. The number of fused-ring (bicyclic) bond motifs is 4. The van der Waals surface area contributed by atoms with E-state index < -0.39 is 0 Å². The zero-order valence-corrected chi connectivity index (χ0v) is 14.4. The number of nitrogens with zero attached hydrogens (tertiary/aromatic N) is 4. The maximum Gasteiger partial charge on any atom is 0.274 e. The largest absolute Gasteiger partial charge is 0.381 e. The Balaban J connectivity index is 1.50. The monoisotopic (exact) mass is 330 g/mol. The van der Waals surface area contributed by atoms with E-state index in [1.54, 1.807) is 12.4 Å². The van der Waals surface area contributed by atoms with Crippen LogP contribution in [-0.4, -0.2) is 70.6 Å². The summed E-state index contributed by atoms with van der Waals surface area (Å²) in [4.78, 5) is 26.1. The molecule has 130 valence electrons. The molecule has 5 rings (SSSR count). The van der Waals surface area contributed by atoms with Crippen LogP contribution in [0.25, 0.3) is 0 Å². The summed E-state index contributed by atoms with van der Waals surface area (Å²) in [6.07, 6.45) is 7.88. The van der Waals surface area contributed by atoms with Gasteiger partial charge in [-0.1, -0.05) is 0 Å². The van der Waals surface area contributed by atoms with Gasteiger partial charge in [0.1, 0.15) is 5.69 Å². The summed E-state index contributed by atoms with van der Waals surface area (Å²) in [5.74, 6) is 0.625. The van der Waals surface area contributed by atoms with Crippen LogP contribution in [0.5, 0.6) is 0 Å². The topological polar surface area (TPSA) is 58.6 Å². The third kappa shape index (κ3) is 3.17. The second kappa shape index (κ2) is 6.76. The van der Waals surface area contributed by atoms with Crippen LogP contribution in [0.4, 0.5) is 0 Å². The van der Waals surface area contributed by atoms with Crippen LogP contribution in [-0.2, 0) is 4.74 Å². The molecule has 4 aliphatic rings. The minimum atomic E-state index is 0.0472. The zero-order chi connectivity index (χ0) is 16.5. The summed E-state index contributed by atoms with van der Waals surface area (Å²) in [5, 5.41) is 0. The van der Waals surface area contributed by atoms with Gasteiger partial charge in [-0.2, -0.15) is 0 Å². The number of amides is 1. The van der Waals surface area contributed by atoms with Gasteiger partial charge in [0.05, 0.1) is 11.9 Å². The summed E-state index contributed by atoms with van der Waals surface area (Å²) in [6.45, 7) is 6.60. The molecule has 4 fully saturated rings. The summed E-state index contributed by atoms with van der Waals surface area (Å²) < 4.78 is 5.51. The van der Waals surface area contributed by atoms with Crippen LogP contribution >= 0.6 is 0 Å². The SMILES string of the molecule is Cc1cnc(C(=O)N2C[C@H]3CC[C@@H]2CN(C2CCOCC2)C3)cn1. The Bertz CT molecular complexity index is 585. The first kappa shape index (κ1) is 16.0. The highest BCUT2D eigenvalue weighted by Gasteiger charge is 2.39. The summed E-state index contributed by atoms with van der Waals surface area (Å²) in [6, 6.07) is 0.929. The van der Waals surface area contributed by atoms with E-state index in [9.17, 15) is 4.79 Å². The second-order valence-corrected chi connectivity index (χ2v) is 7.40. The standard InChI is InChI=1S/C18H26N4O2/c1-13-8-20-17(9-19-13)18(23)22-11-14-2-3-16(22)12-21(10-14)15-4-6-24-7-5-15/h8-9,14-16H,2-7,10-12H2,1H3/t14-,16+/m0/s1. The highest BCUT2D eigenvalue weighted by molar-refractivity contribution is 5.92. The lowest BCUT2D eigenvalue weighted by molar-refractivity contribution is 0.0304. The number of aryl methyl sites for hydroxylation is 1. The van der Waals surface area contributed by atoms with E-state index in [4.69, 9.17) is 4.74 Å². The normalized spacial score (nSPS) is 28.8. The van der Waals surface area contributed by atoms with Gasteiger partial charge in [-0.3, -0.25) is 14.7 Å². The van der Waals surface area contributed by atoms with Crippen LogP contribution in [0.3, 0.4) is 0 Å². The minimum Gasteiger partial charge on any atom is -0.381 e. The highest BCUT2D eigenvalue weighted by atomic mass is 16.5. The molecular weight excluding hydrogens is 304 g/mol. The van der Waals surface area contributed by atoms with Gasteiger partial charge >= 0.3 is 0 Å². The fourth-order valence-corrected chi connectivity index (χ4v) is 4.37. The van der Waals surface area contributed by atoms with Crippen molar-refractivity contribution in [2.24, 2.45) is 5.92 Å². The van der Waals surface area contributed by atoms with Gasteiger partial charge < -0.3 is 9.64 Å². The first-order chi connectivity index (χ1) is 11.7. The molecule has 6 nitrogen and oxygen atoms in total. The summed E-state index contributed by atoms with van der Waals surface area (Å²) >= 11 is 0. The number of carbonyl (C=O) groups excluding carboxylic acids is 1. The van der Waals surface area contributed by atoms with Crippen molar-refractivity contribution in [2.75, 3.05) is 32.8 Å². The Kier molecular flexibility index (Phi) is 4.50. The first-order valence-corrected chi connectivity index (χ1v) is 9.12. The molecule has 6 heteroatoms. The van der Waals surface area contributed by atoms with Gasteiger partial charge in [0.25, 0.3) is 5.91 Å². The number of aromatic nitrogens is 2. The quantitative estimate of drug-likeness (QED) is 0.822. The second-order valence-electron chi connectivity index (χ2n) is 7.40. The number of hydrogen-bond donors (Lipinski definition) is 0. The highest BCUT2D eigenvalue weighted by Crippen LogP contribution is 2.31. The zero-order valence-electron chi connectivity index (χ0n) is 14.4. The van der Waals surface area contributed by atoms with Crippen molar-refractivity contribution in [3.63, 3.8) is 0 Å². The fourth-order valence-electron chi connectivity index (χ4n) is 4.37. The van der Waals surface area contributed by atoms with E-state index in [-0.39, 0.29) is 5.91 Å². The van der Waals surface area contributed by atoms with Gasteiger partial charge in [0.2, 0.25) is 0 Å². The number of carbonyl (C=O) groups is 1. The van der Waals surface area contributed by atoms with Gasteiger partial charge in [-0.05, 0) is 38.5 Å². The molecule has 0 saturated carbocycles. The van der Waals surface area contributed by atoms with Gasteiger partial charge in [-0.25, -0.2) is 4.98 Å². The Morgan fingerprint density at radius 1 is 1.04 bits per heavy atom.